The molecule has 0 radical (unpaired) electrons. The molecule has 0 spiro atoms. The van der Waals surface area contributed by atoms with Crippen molar-refractivity contribution in [1.29, 1.82) is 0 Å². The molecule has 0 aliphatic carbocycles. The van der Waals surface area contributed by atoms with E-state index in [1.165, 1.54) is 0 Å². The molecule has 90 valence electrons. The van der Waals surface area contributed by atoms with Crippen molar-refractivity contribution in [2.24, 2.45) is 0 Å². The lowest BCUT2D eigenvalue weighted by Crippen LogP contribution is -1.77. The maximum absolute atomic E-state index is 5.65. The van der Waals surface area contributed by atoms with Crippen LogP contribution in [0.2, 0.25) is 0 Å². The van der Waals surface area contributed by atoms with E-state index in [9.17, 15) is 0 Å². The van der Waals surface area contributed by atoms with E-state index in [-0.39, 0.29) is 0 Å². The molecule has 0 atom stereocenters. The Morgan fingerprint density at radius 2 is 1.53 bits per heavy atom. The van der Waals surface area contributed by atoms with Gasteiger partial charge in [0.1, 0.15) is 11.2 Å². The summed E-state index contributed by atoms with van der Waals surface area (Å²) in [7, 11) is 0. The van der Waals surface area contributed by atoms with Crippen molar-refractivity contribution in [3.8, 4) is 0 Å². The lowest BCUT2D eigenvalue weighted by atomic mass is 10.0. The van der Waals surface area contributed by atoms with Crippen LogP contribution in [0, 0.1) is 0 Å². The average molecular weight is 248 g/mol. The minimum Gasteiger partial charge on any atom is -0.471 e. The molecule has 3 heterocycles. The van der Waals surface area contributed by atoms with Gasteiger partial charge >= 0.3 is 0 Å². The zero-order valence-electron chi connectivity index (χ0n) is 9.84. The maximum atomic E-state index is 5.65. The topological polar surface area (TPSA) is 39.4 Å². The number of hydrogen-bond donors (Lipinski definition) is 0. The summed E-state index contributed by atoms with van der Waals surface area (Å²) in [5, 5.41) is 6.52. The first kappa shape index (κ1) is 9.28. The van der Waals surface area contributed by atoms with Crippen LogP contribution in [0.25, 0.3) is 43.5 Å². The van der Waals surface area contributed by atoms with Crippen molar-refractivity contribution < 1.29 is 13.3 Å². The molecule has 5 aromatic rings. The van der Waals surface area contributed by atoms with Gasteiger partial charge in [-0.05, 0) is 29.7 Å². The summed E-state index contributed by atoms with van der Waals surface area (Å²) in [5.41, 5.74) is 1.75. The van der Waals surface area contributed by atoms with E-state index in [2.05, 4.69) is 6.07 Å². The van der Waals surface area contributed by atoms with Crippen molar-refractivity contribution in [3.63, 3.8) is 0 Å². The van der Waals surface area contributed by atoms with Crippen LogP contribution in [0.3, 0.4) is 0 Å². The first-order chi connectivity index (χ1) is 9.42. The Hall–Kier alpha value is -2.68. The van der Waals surface area contributed by atoms with Gasteiger partial charge in [0.05, 0.1) is 25.1 Å². The van der Waals surface area contributed by atoms with Crippen molar-refractivity contribution in [2.75, 3.05) is 0 Å². The Bertz CT molecular complexity index is 975. The van der Waals surface area contributed by atoms with Crippen LogP contribution >= 0.6 is 0 Å². The molecule has 3 aromatic heterocycles. The second-order valence-corrected chi connectivity index (χ2v) is 4.72. The highest BCUT2D eigenvalue weighted by molar-refractivity contribution is 6.25. The Kier molecular flexibility index (Phi) is 1.47. The average Bonchev–Trinajstić information content (AvgIpc) is 3.15. The van der Waals surface area contributed by atoms with Crippen LogP contribution in [0.4, 0.5) is 0 Å². The molecule has 2 aromatic carbocycles. The van der Waals surface area contributed by atoms with E-state index < -0.39 is 0 Å². The third-order valence-corrected chi connectivity index (χ3v) is 3.74. The number of rotatable bonds is 0. The number of benzene rings is 2. The van der Waals surface area contributed by atoms with Crippen LogP contribution in [0.5, 0.6) is 0 Å². The quantitative estimate of drug-likeness (QED) is 0.383. The van der Waals surface area contributed by atoms with Crippen molar-refractivity contribution in [1.82, 2.24) is 0 Å². The summed E-state index contributed by atoms with van der Waals surface area (Å²) in [6.07, 6.45) is 6.97. The van der Waals surface area contributed by atoms with Gasteiger partial charge in [-0.3, -0.25) is 0 Å². The van der Waals surface area contributed by atoms with Crippen LogP contribution in [0.1, 0.15) is 0 Å². The molecule has 3 nitrogen and oxygen atoms in total. The van der Waals surface area contributed by atoms with E-state index in [0.717, 1.165) is 43.5 Å². The van der Waals surface area contributed by atoms with E-state index in [0.29, 0.717) is 0 Å². The Balaban J connectivity index is 2.23. The predicted octanol–water partition coefficient (Wildman–Crippen LogP) is 5.08. The molecule has 0 aliphatic heterocycles. The lowest BCUT2D eigenvalue weighted by molar-refractivity contribution is 0.573. The molecule has 0 unspecified atom stereocenters. The van der Waals surface area contributed by atoms with E-state index in [1.54, 1.807) is 25.1 Å². The predicted molar refractivity (Wildman–Crippen MR) is 73.3 cm³/mol. The molecule has 0 N–H and O–H groups in total. The minimum atomic E-state index is 0.869. The minimum absolute atomic E-state index is 0.869. The third-order valence-electron chi connectivity index (χ3n) is 3.74. The van der Waals surface area contributed by atoms with Gasteiger partial charge in [0.15, 0.2) is 0 Å². The molecule has 0 aliphatic rings. The van der Waals surface area contributed by atoms with Crippen molar-refractivity contribution in [3.05, 3.63) is 49.3 Å². The molecule has 5 rings (SSSR count). The lowest BCUT2D eigenvalue weighted by Gasteiger charge is -2.01. The van der Waals surface area contributed by atoms with Gasteiger partial charge in [0.2, 0.25) is 0 Å². The summed E-state index contributed by atoms with van der Waals surface area (Å²) in [6.45, 7) is 0. The summed E-state index contributed by atoms with van der Waals surface area (Å²) in [4.78, 5) is 0. The molecule has 0 saturated carbocycles. The van der Waals surface area contributed by atoms with Crippen molar-refractivity contribution >= 4 is 43.5 Å². The Morgan fingerprint density at radius 3 is 2.47 bits per heavy atom. The van der Waals surface area contributed by atoms with E-state index in [4.69, 9.17) is 13.3 Å². The summed E-state index contributed by atoms with van der Waals surface area (Å²) >= 11 is 0. The molecule has 0 amide bonds. The highest BCUT2D eigenvalue weighted by atomic mass is 16.3. The molecular formula is C16H8O3. The number of fused-ring (bicyclic) bond motifs is 7. The SMILES string of the molecule is c1cc2cc3c4cocc4c4ccoc4c3cc2o1. The van der Waals surface area contributed by atoms with E-state index in [1.807, 2.05) is 18.2 Å². The summed E-state index contributed by atoms with van der Waals surface area (Å²) < 4.78 is 16.5. The highest BCUT2D eigenvalue weighted by Gasteiger charge is 2.13. The molecular weight excluding hydrogens is 240 g/mol. The Morgan fingerprint density at radius 1 is 0.684 bits per heavy atom. The van der Waals surface area contributed by atoms with Crippen LogP contribution in [-0.2, 0) is 0 Å². The maximum Gasteiger partial charge on any atom is 0.142 e. The van der Waals surface area contributed by atoms with Gasteiger partial charge in [-0.25, -0.2) is 0 Å². The first-order valence-electron chi connectivity index (χ1n) is 6.08. The molecule has 0 bridgehead atoms. The summed E-state index contributed by atoms with van der Waals surface area (Å²) in [5.74, 6) is 0. The molecule has 0 saturated heterocycles. The standard InChI is InChI=1S/C16H8O3/c1-3-18-15-6-12-11(5-9(1)15)14-8-17-7-13(14)10-2-4-19-16(10)12/h1-8H. The van der Waals surface area contributed by atoms with Gasteiger partial charge in [-0.15, -0.1) is 0 Å². The molecule has 0 fully saturated rings. The van der Waals surface area contributed by atoms with Gasteiger partial charge in [-0.1, -0.05) is 0 Å². The number of furan rings is 3. The van der Waals surface area contributed by atoms with Gasteiger partial charge in [0.25, 0.3) is 0 Å². The summed E-state index contributed by atoms with van der Waals surface area (Å²) in [6, 6.07) is 8.09. The third kappa shape index (κ3) is 1.03. The smallest absolute Gasteiger partial charge is 0.142 e. The van der Waals surface area contributed by atoms with Crippen LogP contribution < -0.4 is 0 Å². The van der Waals surface area contributed by atoms with Crippen molar-refractivity contribution in [2.45, 2.75) is 0 Å². The van der Waals surface area contributed by atoms with Gasteiger partial charge in [-0.2, -0.15) is 0 Å². The van der Waals surface area contributed by atoms with Crippen LogP contribution in [-0.4, -0.2) is 0 Å². The van der Waals surface area contributed by atoms with E-state index >= 15 is 0 Å². The largest absolute Gasteiger partial charge is 0.471 e. The number of hydrogen-bond acceptors (Lipinski definition) is 3. The Labute approximate surface area is 107 Å². The van der Waals surface area contributed by atoms with Gasteiger partial charge < -0.3 is 13.3 Å². The fourth-order valence-electron chi connectivity index (χ4n) is 2.86. The highest BCUT2D eigenvalue weighted by Crippen LogP contribution is 2.38. The second kappa shape index (κ2) is 3.01. The fourth-order valence-corrected chi connectivity index (χ4v) is 2.86. The normalized spacial score (nSPS) is 12.2. The second-order valence-electron chi connectivity index (χ2n) is 4.72. The zero-order chi connectivity index (χ0) is 12.4. The molecule has 3 heteroatoms. The zero-order valence-corrected chi connectivity index (χ0v) is 9.84. The fraction of sp³-hybridized carbons (Fsp3) is 0. The first-order valence-corrected chi connectivity index (χ1v) is 6.08. The molecule has 19 heavy (non-hydrogen) atoms. The van der Waals surface area contributed by atoms with Gasteiger partial charge in [0, 0.05) is 26.9 Å². The van der Waals surface area contributed by atoms with Crippen LogP contribution in [0.15, 0.2) is 62.6 Å². The monoisotopic (exact) mass is 248 g/mol.